The summed E-state index contributed by atoms with van der Waals surface area (Å²) in [6.07, 6.45) is 1.83. The Morgan fingerprint density at radius 3 is 2.81 bits per heavy atom. The van der Waals surface area contributed by atoms with Crippen molar-refractivity contribution < 1.29 is 9.47 Å². The summed E-state index contributed by atoms with van der Waals surface area (Å²) in [6.45, 7) is 4.39. The molecule has 0 bridgehead atoms. The Balaban J connectivity index is 1.68. The van der Waals surface area contributed by atoms with Crippen LogP contribution >= 0.6 is 11.3 Å². The van der Waals surface area contributed by atoms with Gasteiger partial charge in [-0.25, -0.2) is 4.98 Å². The predicted octanol–water partition coefficient (Wildman–Crippen LogP) is 5.22. The average molecular weight is 360 g/mol. The van der Waals surface area contributed by atoms with Gasteiger partial charge in [0.15, 0.2) is 11.5 Å². The number of benzene rings is 2. The molecule has 0 radical (unpaired) electrons. The minimum absolute atomic E-state index is 0.235. The standard InChI is InChI=1S/C21H16N2O2S/c1-13-3-5-17(14(2)7-13)18-11-26-21(23-18)16(10-22)8-15-4-6-19-20(9-15)25-12-24-19/h3-9,11H,12H2,1-2H3. The van der Waals surface area contributed by atoms with E-state index in [1.165, 1.54) is 22.5 Å². The van der Waals surface area contributed by atoms with Crippen LogP contribution in [-0.2, 0) is 0 Å². The number of nitriles is 1. The van der Waals surface area contributed by atoms with Gasteiger partial charge in [-0.15, -0.1) is 11.3 Å². The van der Waals surface area contributed by atoms with Crippen LogP contribution in [-0.4, -0.2) is 11.8 Å². The lowest BCUT2D eigenvalue weighted by molar-refractivity contribution is 0.174. The Labute approximate surface area is 156 Å². The molecule has 0 unspecified atom stereocenters. The van der Waals surface area contributed by atoms with Crippen molar-refractivity contribution in [3.63, 3.8) is 0 Å². The van der Waals surface area contributed by atoms with E-state index in [-0.39, 0.29) is 6.79 Å². The number of aromatic nitrogens is 1. The first-order chi connectivity index (χ1) is 12.6. The van der Waals surface area contributed by atoms with Gasteiger partial charge in [-0.3, -0.25) is 0 Å². The highest BCUT2D eigenvalue weighted by atomic mass is 32.1. The molecule has 2 heterocycles. The van der Waals surface area contributed by atoms with Gasteiger partial charge >= 0.3 is 0 Å². The molecule has 2 aromatic carbocycles. The maximum absolute atomic E-state index is 9.60. The summed E-state index contributed by atoms with van der Waals surface area (Å²) >= 11 is 1.48. The fraction of sp³-hybridized carbons (Fsp3) is 0.143. The molecule has 0 saturated carbocycles. The van der Waals surface area contributed by atoms with Crippen LogP contribution in [0.2, 0.25) is 0 Å². The molecule has 0 atom stereocenters. The molecule has 4 nitrogen and oxygen atoms in total. The van der Waals surface area contributed by atoms with Crippen LogP contribution in [0.4, 0.5) is 0 Å². The highest BCUT2D eigenvalue weighted by Crippen LogP contribution is 2.34. The van der Waals surface area contributed by atoms with Crippen LogP contribution in [0.25, 0.3) is 22.9 Å². The molecule has 0 N–H and O–H groups in total. The van der Waals surface area contributed by atoms with Crippen molar-refractivity contribution in [3.05, 3.63) is 63.5 Å². The molecule has 0 aliphatic carbocycles. The minimum Gasteiger partial charge on any atom is -0.454 e. The Kier molecular flexibility index (Phi) is 4.19. The Bertz CT molecular complexity index is 1060. The SMILES string of the molecule is Cc1ccc(-c2csc(C(C#N)=Cc3ccc4c(c3)OCO4)n2)c(C)c1. The molecule has 0 spiro atoms. The van der Waals surface area contributed by atoms with Crippen LogP contribution < -0.4 is 9.47 Å². The number of aryl methyl sites for hydroxylation is 2. The first kappa shape index (κ1) is 16.4. The summed E-state index contributed by atoms with van der Waals surface area (Å²) in [7, 11) is 0. The largest absolute Gasteiger partial charge is 0.454 e. The zero-order valence-electron chi connectivity index (χ0n) is 14.4. The lowest BCUT2D eigenvalue weighted by Crippen LogP contribution is -1.92. The van der Waals surface area contributed by atoms with Crippen molar-refractivity contribution in [2.45, 2.75) is 13.8 Å². The average Bonchev–Trinajstić information content (AvgIpc) is 3.28. The van der Waals surface area contributed by atoms with Crippen molar-refractivity contribution >= 4 is 23.0 Å². The van der Waals surface area contributed by atoms with E-state index in [2.05, 4.69) is 43.1 Å². The molecule has 1 aliphatic heterocycles. The van der Waals surface area contributed by atoms with E-state index >= 15 is 0 Å². The zero-order valence-corrected chi connectivity index (χ0v) is 15.3. The van der Waals surface area contributed by atoms with Gasteiger partial charge in [0.2, 0.25) is 6.79 Å². The first-order valence-electron chi connectivity index (χ1n) is 8.19. The summed E-state index contributed by atoms with van der Waals surface area (Å²) in [6, 6.07) is 14.2. The van der Waals surface area contributed by atoms with E-state index in [0.29, 0.717) is 16.3 Å². The second-order valence-electron chi connectivity index (χ2n) is 6.14. The zero-order chi connectivity index (χ0) is 18.1. The fourth-order valence-corrected chi connectivity index (χ4v) is 3.72. The van der Waals surface area contributed by atoms with Gasteiger partial charge in [0.05, 0.1) is 11.3 Å². The molecule has 0 fully saturated rings. The maximum Gasteiger partial charge on any atom is 0.231 e. The molecule has 3 aromatic rings. The van der Waals surface area contributed by atoms with Gasteiger partial charge in [0, 0.05) is 10.9 Å². The molecule has 1 aromatic heterocycles. The van der Waals surface area contributed by atoms with Crippen molar-refractivity contribution in [1.29, 1.82) is 5.26 Å². The Morgan fingerprint density at radius 1 is 1.15 bits per heavy atom. The predicted molar refractivity (Wildman–Crippen MR) is 103 cm³/mol. The highest BCUT2D eigenvalue weighted by Gasteiger charge is 2.14. The lowest BCUT2D eigenvalue weighted by atomic mass is 10.0. The number of rotatable bonds is 3. The van der Waals surface area contributed by atoms with Gasteiger partial charge in [-0.05, 0) is 43.2 Å². The van der Waals surface area contributed by atoms with Crippen LogP contribution in [0.1, 0.15) is 21.7 Å². The second-order valence-corrected chi connectivity index (χ2v) is 7.00. The summed E-state index contributed by atoms with van der Waals surface area (Å²) in [5, 5.41) is 12.3. The highest BCUT2D eigenvalue weighted by molar-refractivity contribution is 7.11. The van der Waals surface area contributed by atoms with Crippen molar-refractivity contribution in [2.75, 3.05) is 6.79 Å². The van der Waals surface area contributed by atoms with Crippen molar-refractivity contribution in [2.24, 2.45) is 0 Å². The first-order valence-corrected chi connectivity index (χ1v) is 9.07. The molecular formula is C21H16N2O2S. The third-order valence-corrected chi connectivity index (χ3v) is 5.10. The van der Waals surface area contributed by atoms with Crippen LogP contribution in [0.3, 0.4) is 0 Å². The van der Waals surface area contributed by atoms with E-state index in [9.17, 15) is 5.26 Å². The number of hydrogen-bond acceptors (Lipinski definition) is 5. The minimum atomic E-state index is 0.235. The molecule has 0 amide bonds. The van der Waals surface area contributed by atoms with Gasteiger partial charge in [-0.2, -0.15) is 5.26 Å². The van der Waals surface area contributed by atoms with Gasteiger partial charge in [-0.1, -0.05) is 29.8 Å². The number of nitrogens with zero attached hydrogens (tertiary/aromatic N) is 2. The van der Waals surface area contributed by atoms with Crippen molar-refractivity contribution in [3.8, 4) is 28.8 Å². The monoisotopic (exact) mass is 360 g/mol. The van der Waals surface area contributed by atoms with E-state index in [1.54, 1.807) is 0 Å². The Morgan fingerprint density at radius 2 is 2.00 bits per heavy atom. The van der Waals surface area contributed by atoms with Gasteiger partial charge in [0.25, 0.3) is 0 Å². The number of hydrogen-bond donors (Lipinski definition) is 0. The van der Waals surface area contributed by atoms with Gasteiger partial charge < -0.3 is 9.47 Å². The molecule has 26 heavy (non-hydrogen) atoms. The molecule has 0 saturated heterocycles. The van der Waals surface area contributed by atoms with Crippen LogP contribution in [0, 0.1) is 25.2 Å². The van der Waals surface area contributed by atoms with Crippen molar-refractivity contribution in [1.82, 2.24) is 4.98 Å². The normalized spacial score (nSPS) is 12.9. The smallest absolute Gasteiger partial charge is 0.231 e. The summed E-state index contributed by atoms with van der Waals surface area (Å²) in [4.78, 5) is 4.68. The number of allylic oxidation sites excluding steroid dienone is 1. The molecule has 5 heteroatoms. The number of thiazole rings is 1. The quantitative estimate of drug-likeness (QED) is 0.601. The third kappa shape index (κ3) is 3.07. The van der Waals surface area contributed by atoms with Crippen LogP contribution in [0.5, 0.6) is 11.5 Å². The van der Waals surface area contributed by atoms with Crippen LogP contribution in [0.15, 0.2) is 41.8 Å². The molecule has 1 aliphatic rings. The number of fused-ring (bicyclic) bond motifs is 1. The fourth-order valence-electron chi connectivity index (χ4n) is 2.93. The van der Waals surface area contributed by atoms with E-state index in [1.807, 2.05) is 29.7 Å². The van der Waals surface area contributed by atoms with E-state index in [0.717, 1.165) is 22.6 Å². The lowest BCUT2D eigenvalue weighted by Gasteiger charge is -2.03. The molecular weight excluding hydrogens is 344 g/mol. The summed E-state index contributed by atoms with van der Waals surface area (Å²) < 4.78 is 10.7. The maximum atomic E-state index is 9.60. The van der Waals surface area contributed by atoms with E-state index in [4.69, 9.17) is 9.47 Å². The number of ether oxygens (including phenoxy) is 2. The second kappa shape index (κ2) is 6.66. The topological polar surface area (TPSA) is 55.1 Å². The molecule has 128 valence electrons. The van der Waals surface area contributed by atoms with Gasteiger partial charge in [0.1, 0.15) is 11.1 Å². The summed E-state index contributed by atoms with van der Waals surface area (Å²) in [5.74, 6) is 1.43. The third-order valence-electron chi connectivity index (χ3n) is 4.22. The Hall–Kier alpha value is -3.10. The summed E-state index contributed by atoms with van der Waals surface area (Å²) in [5.41, 5.74) is 5.81. The molecule has 4 rings (SSSR count). The van der Waals surface area contributed by atoms with E-state index < -0.39 is 0 Å².